The average Bonchev–Trinajstić information content (AvgIpc) is 2.86. The molecule has 0 aliphatic carbocycles. The number of aliphatic carboxylic acids is 1. The number of carboxylic acids is 1. The number of aromatic hydroxyl groups is 1. The summed E-state index contributed by atoms with van der Waals surface area (Å²) in [6.07, 6.45) is -3.79. The van der Waals surface area contributed by atoms with Gasteiger partial charge < -0.3 is 25.6 Å². The Bertz CT molecular complexity index is 1360. The number of carbonyl (C=O) groups is 3. The Labute approximate surface area is 220 Å². The minimum atomic E-state index is -4.78. The first-order valence-corrected chi connectivity index (χ1v) is 11.5. The molecule has 3 aromatic rings. The van der Waals surface area contributed by atoms with Crippen molar-refractivity contribution in [2.24, 2.45) is 5.92 Å². The Hall–Kier alpha value is -4.68. The summed E-state index contributed by atoms with van der Waals surface area (Å²) >= 11 is 0. The summed E-state index contributed by atoms with van der Waals surface area (Å²) in [5, 5.41) is 24.2. The molecule has 10 nitrogen and oxygen atoms in total. The van der Waals surface area contributed by atoms with Gasteiger partial charge in [-0.1, -0.05) is 43.3 Å². The van der Waals surface area contributed by atoms with E-state index >= 15 is 0 Å². The van der Waals surface area contributed by atoms with Crippen molar-refractivity contribution in [2.75, 3.05) is 6.54 Å². The fourth-order valence-electron chi connectivity index (χ4n) is 3.41. The maximum atomic E-state index is 12.8. The number of benzene rings is 2. The number of carbonyl (C=O) groups excluding carboxylic acids is 2. The summed E-state index contributed by atoms with van der Waals surface area (Å²) in [7, 11) is 0. The number of nitrogens with one attached hydrogen (secondary N) is 2. The first-order chi connectivity index (χ1) is 18.2. The predicted molar refractivity (Wildman–Crippen MR) is 132 cm³/mol. The molecule has 0 saturated carbocycles. The van der Waals surface area contributed by atoms with E-state index in [-0.39, 0.29) is 17.9 Å². The number of rotatable bonds is 9. The second kappa shape index (κ2) is 11.4. The van der Waals surface area contributed by atoms with Gasteiger partial charge in [0.1, 0.15) is 11.3 Å². The molecule has 0 radical (unpaired) electrons. The van der Waals surface area contributed by atoms with Crippen LogP contribution in [0, 0.1) is 5.92 Å². The second-order valence-corrected chi connectivity index (χ2v) is 9.11. The Morgan fingerprint density at radius 2 is 1.54 bits per heavy atom. The highest BCUT2D eigenvalue weighted by Crippen LogP contribution is 2.29. The van der Waals surface area contributed by atoms with Crippen LogP contribution in [0.4, 0.5) is 13.2 Å². The van der Waals surface area contributed by atoms with Crippen LogP contribution in [0.2, 0.25) is 0 Å². The molecule has 1 atom stereocenters. The lowest BCUT2D eigenvalue weighted by atomic mass is 9.92. The van der Waals surface area contributed by atoms with Crippen LogP contribution in [-0.4, -0.2) is 50.9 Å². The average molecular weight is 547 g/mol. The van der Waals surface area contributed by atoms with Crippen LogP contribution in [0.1, 0.15) is 47.3 Å². The van der Waals surface area contributed by atoms with Crippen LogP contribution in [0.5, 0.6) is 11.6 Å². The van der Waals surface area contributed by atoms with Crippen LogP contribution >= 0.6 is 0 Å². The summed E-state index contributed by atoms with van der Waals surface area (Å²) in [4.78, 5) is 43.3. The molecule has 4 N–H and O–H groups in total. The van der Waals surface area contributed by atoms with E-state index in [0.717, 1.165) is 11.8 Å². The zero-order valence-electron chi connectivity index (χ0n) is 21.0. The van der Waals surface area contributed by atoms with Gasteiger partial charge in [0.2, 0.25) is 11.7 Å². The van der Waals surface area contributed by atoms with E-state index in [4.69, 9.17) is 5.11 Å². The van der Waals surface area contributed by atoms with Crippen molar-refractivity contribution in [3.8, 4) is 22.8 Å². The number of amides is 2. The number of hydrogen-bond acceptors (Lipinski definition) is 7. The van der Waals surface area contributed by atoms with Crippen LogP contribution in [0.3, 0.4) is 0 Å². The first-order valence-electron chi connectivity index (χ1n) is 11.5. The third kappa shape index (κ3) is 7.66. The number of ether oxygens (including phenoxy) is 1. The van der Waals surface area contributed by atoms with Crippen molar-refractivity contribution >= 4 is 17.8 Å². The number of halogens is 3. The molecule has 1 heterocycles. The molecule has 2 aromatic carbocycles. The van der Waals surface area contributed by atoms with Crippen LogP contribution in [-0.2, 0) is 10.3 Å². The molecular formula is C26H25F3N4O6. The zero-order valence-corrected chi connectivity index (χ0v) is 21.0. The highest BCUT2D eigenvalue weighted by Gasteiger charge is 2.31. The van der Waals surface area contributed by atoms with Crippen molar-refractivity contribution in [1.29, 1.82) is 0 Å². The molecular weight excluding hydrogens is 521 g/mol. The van der Waals surface area contributed by atoms with E-state index in [2.05, 4.69) is 25.3 Å². The van der Waals surface area contributed by atoms with Crippen molar-refractivity contribution in [1.82, 2.24) is 20.6 Å². The summed E-state index contributed by atoms with van der Waals surface area (Å²) in [6.45, 7) is 4.66. The Morgan fingerprint density at radius 3 is 2.05 bits per heavy atom. The summed E-state index contributed by atoms with van der Waals surface area (Å²) in [5.74, 6) is -4.97. The predicted octanol–water partition coefficient (Wildman–Crippen LogP) is 3.86. The van der Waals surface area contributed by atoms with Crippen LogP contribution in [0.15, 0.2) is 54.7 Å². The fourth-order valence-corrected chi connectivity index (χ4v) is 3.41. The van der Waals surface area contributed by atoms with Gasteiger partial charge in [0.15, 0.2) is 0 Å². The SMILES string of the molecule is CC(CNC(=O)c1ncc(C(=O)NC(C)(C)c2ccc(-c3ccc(OC(F)(F)F)cc3)cc2)c(O)n1)C(=O)O. The number of alkyl halides is 3. The van der Waals surface area contributed by atoms with Crippen LogP contribution in [0.25, 0.3) is 11.1 Å². The molecule has 0 spiro atoms. The minimum Gasteiger partial charge on any atom is -0.493 e. The largest absolute Gasteiger partial charge is 0.573 e. The molecule has 1 aromatic heterocycles. The van der Waals surface area contributed by atoms with E-state index in [1.54, 1.807) is 38.1 Å². The maximum Gasteiger partial charge on any atom is 0.573 e. The third-order valence-electron chi connectivity index (χ3n) is 5.66. The van der Waals surface area contributed by atoms with Gasteiger partial charge in [-0.25, -0.2) is 4.98 Å². The lowest BCUT2D eigenvalue weighted by Crippen LogP contribution is -2.41. The molecule has 39 heavy (non-hydrogen) atoms. The first kappa shape index (κ1) is 28.9. The fraction of sp³-hybridized carbons (Fsp3) is 0.269. The standard InChI is InChI=1S/C26H25F3N4O6/c1-14(24(37)38)12-31-23(36)20-30-13-19(21(34)32-20)22(35)33-25(2,3)17-8-4-15(5-9-17)16-6-10-18(11-7-16)39-26(27,28)29/h4-11,13-14H,12H2,1-3H3,(H,31,36)(H,33,35)(H,37,38)(H,30,32,34). The second-order valence-electron chi connectivity index (χ2n) is 9.11. The maximum absolute atomic E-state index is 12.8. The van der Waals surface area contributed by atoms with Gasteiger partial charge in [-0.3, -0.25) is 14.4 Å². The molecule has 0 aliphatic heterocycles. The minimum absolute atomic E-state index is 0.175. The lowest BCUT2D eigenvalue weighted by Gasteiger charge is -2.27. The number of nitrogens with zero attached hydrogens (tertiary/aromatic N) is 2. The number of aromatic nitrogens is 2. The molecule has 206 valence electrons. The number of hydrogen-bond donors (Lipinski definition) is 4. The Morgan fingerprint density at radius 1 is 0.974 bits per heavy atom. The van der Waals surface area contributed by atoms with E-state index in [9.17, 15) is 32.7 Å². The van der Waals surface area contributed by atoms with Crippen molar-refractivity contribution < 1.29 is 42.5 Å². The quantitative estimate of drug-likeness (QED) is 0.316. The third-order valence-corrected chi connectivity index (χ3v) is 5.66. The molecule has 0 aliphatic rings. The molecule has 13 heteroatoms. The normalized spacial score (nSPS) is 12.4. The summed E-state index contributed by atoms with van der Waals surface area (Å²) in [6, 6.07) is 12.3. The van der Waals surface area contributed by atoms with Gasteiger partial charge in [0.25, 0.3) is 11.8 Å². The molecule has 3 rings (SSSR count). The van der Waals surface area contributed by atoms with E-state index in [1.165, 1.54) is 31.2 Å². The highest BCUT2D eigenvalue weighted by atomic mass is 19.4. The van der Waals surface area contributed by atoms with E-state index < -0.39 is 47.3 Å². The Balaban J connectivity index is 1.67. The summed E-state index contributed by atoms with van der Waals surface area (Å²) < 4.78 is 41.0. The smallest absolute Gasteiger partial charge is 0.493 e. The number of carboxylic acid groups (broad SMARTS) is 1. The highest BCUT2D eigenvalue weighted by molar-refractivity contribution is 5.97. The summed E-state index contributed by atoms with van der Waals surface area (Å²) in [5.41, 5.74) is 0.839. The van der Waals surface area contributed by atoms with Gasteiger partial charge in [-0.15, -0.1) is 13.2 Å². The van der Waals surface area contributed by atoms with Gasteiger partial charge in [-0.05, 0) is 42.7 Å². The monoisotopic (exact) mass is 546 g/mol. The van der Waals surface area contributed by atoms with Crippen molar-refractivity contribution in [3.63, 3.8) is 0 Å². The van der Waals surface area contributed by atoms with E-state index in [1.807, 2.05) is 0 Å². The van der Waals surface area contributed by atoms with Crippen molar-refractivity contribution in [2.45, 2.75) is 32.7 Å². The zero-order chi connectivity index (χ0) is 29.0. The topological polar surface area (TPSA) is 151 Å². The van der Waals surface area contributed by atoms with Gasteiger partial charge >= 0.3 is 12.3 Å². The molecule has 1 unspecified atom stereocenters. The molecule has 0 fully saturated rings. The van der Waals surface area contributed by atoms with Gasteiger partial charge in [0.05, 0.1) is 11.5 Å². The lowest BCUT2D eigenvalue weighted by molar-refractivity contribution is -0.274. The molecule has 0 saturated heterocycles. The van der Waals surface area contributed by atoms with Gasteiger partial charge in [-0.2, -0.15) is 4.98 Å². The van der Waals surface area contributed by atoms with Gasteiger partial charge in [0, 0.05) is 12.7 Å². The Kier molecular flexibility index (Phi) is 8.42. The molecule has 2 amide bonds. The molecule has 0 bridgehead atoms. The van der Waals surface area contributed by atoms with E-state index in [0.29, 0.717) is 11.1 Å². The van der Waals surface area contributed by atoms with Crippen molar-refractivity contribution in [3.05, 3.63) is 71.7 Å². The van der Waals surface area contributed by atoms with Crippen LogP contribution < -0.4 is 15.4 Å².